The van der Waals surface area contributed by atoms with Gasteiger partial charge in [0.05, 0.1) is 0 Å². The predicted molar refractivity (Wildman–Crippen MR) is 86.9 cm³/mol. The first kappa shape index (κ1) is 15.5. The highest BCUT2D eigenvalue weighted by molar-refractivity contribution is 5.27. The van der Waals surface area contributed by atoms with Crippen LogP contribution >= 0.6 is 0 Å². The van der Waals surface area contributed by atoms with Crippen LogP contribution in [0.2, 0.25) is 0 Å². The Hall–Kier alpha value is -0.860. The van der Waals surface area contributed by atoms with E-state index in [9.17, 15) is 0 Å². The molecule has 0 aromatic heterocycles. The van der Waals surface area contributed by atoms with Crippen molar-refractivity contribution in [3.8, 4) is 0 Å². The predicted octanol–water partition coefficient (Wildman–Crippen LogP) is 3.46. The number of hydrogen-bond donors (Lipinski definition) is 1. The first-order chi connectivity index (χ1) is 9.65. The summed E-state index contributed by atoms with van der Waals surface area (Å²) >= 11 is 0. The van der Waals surface area contributed by atoms with E-state index in [1.54, 1.807) is 0 Å². The summed E-state index contributed by atoms with van der Waals surface area (Å²) in [7, 11) is 0. The summed E-state index contributed by atoms with van der Waals surface area (Å²) < 4.78 is 0. The van der Waals surface area contributed by atoms with Gasteiger partial charge in [0, 0.05) is 31.7 Å². The maximum absolute atomic E-state index is 3.72. The molecule has 20 heavy (non-hydrogen) atoms. The minimum Gasteiger partial charge on any atom is -0.311 e. The van der Waals surface area contributed by atoms with Crippen molar-refractivity contribution in [2.45, 2.75) is 59.2 Å². The van der Waals surface area contributed by atoms with Crippen LogP contribution in [-0.2, 0) is 13.0 Å². The molecule has 1 heterocycles. The van der Waals surface area contributed by atoms with Gasteiger partial charge in [-0.15, -0.1) is 0 Å². The van der Waals surface area contributed by atoms with E-state index in [-0.39, 0.29) is 0 Å². The van der Waals surface area contributed by atoms with E-state index in [1.807, 2.05) is 0 Å². The van der Waals surface area contributed by atoms with E-state index >= 15 is 0 Å². The highest BCUT2D eigenvalue weighted by Crippen LogP contribution is 2.20. The molecule has 0 radical (unpaired) electrons. The largest absolute Gasteiger partial charge is 0.311 e. The van der Waals surface area contributed by atoms with Gasteiger partial charge in [-0.2, -0.15) is 0 Å². The molecule has 2 nitrogen and oxygen atoms in total. The van der Waals surface area contributed by atoms with Crippen LogP contribution in [0.15, 0.2) is 24.3 Å². The lowest BCUT2D eigenvalue weighted by Gasteiger charge is -2.42. The third-order valence-corrected chi connectivity index (χ3v) is 4.71. The zero-order valence-electron chi connectivity index (χ0n) is 13.5. The number of nitrogens with zero attached hydrogens (tertiary/aromatic N) is 1. The van der Waals surface area contributed by atoms with Crippen LogP contribution in [0.3, 0.4) is 0 Å². The second-order valence-corrected chi connectivity index (χ2v) is 6.37. The zero-order valence-corrected chi connectivity index (χ0v) is 13.5. The van der Waals surface area contributed by atoms with Crippen LogP contribution in [0.25, 0.3) is 0 Å². The van der Waals surface area contributed by atoms with Gasteiger partial charge in [-0.05, 0) is 29.9 Å². The van der Waals surface area contributed by atoms with E-state index in [2.05, 4.69) is 62.2 Å². The van der Waals surface area contributed by atoms with E-state index in [0.29, 0.717) is 18.0 Å². The normalized spacial score (nSPS) is 24.2. The maximum Gasteiger partial charge on any atom is 0.0240 e. The lowest BCUT2D eigenvalue weighted by atomic mass is 9.97. The van der Waals surface area contributed by atoms with Crippen molar-refractivity contribution in [1.82, 2.24) is 10.2 Å². The second-order valence-electron chi connectivity index (χ2n) is 6.37. The zero-order chi connectivity index (χ0) is 14.5. The minimum atomic E-state index is 0.631. The van der Waals surface area contributed by atoms with Crippen molar-refractivity contribution in [1.29, 1.82) is 0 Å². The smallest absolute Gasteiger partial charge is 0.0240 e. The average Bonchev–Trinajstić information content (AvgIpc) is 2.47. The Kier molecular flexibility index (Phi) is 5.62. The summed E-state index contributed by atoms with van der Waals surface area (Å²) in [5.74, 6) is 0.705. The van der Waals surface area contributed by atoms with Crippen molar-refractivity contribution in [3.63, 3.8) is 0 Å². The molecule has 1 aliphatic rings. The SMILES string of the molecule is CCc1ccccc1CN1CC(C(C)C)NCC1CC. The summed E-state index contributed by atoms with van der Waals surface area (Å²) in [5, 5.41) is 3.72. The maximum atomic E-state index is 3.72. The molecular formula is C18H30N2. The lowest BCUT2D eigenvalue weighted by Crippen LogP contribution is -2.57. The molecule has 1 aromatic carbocycles. The molecule has 1 fully saturated rings. The van der Waals surface area contributed by atoms with Crippen LogP contribution in [-0.4, -0.2) is 30.1 Å². The highest BCUT2D eigenvalue weighted by Gasteiger charge is 2.28. The van der Waals surface area contributed by atoms with Crippen LogP contribution in [0.4, 0.5) is 0 Å². The fraction of sp³-hybridized carbons (Fsp3) is 0.667. The van der Waals surface area contributed by atoms with Gasteiger partial charge >= 0.3 is 0 Å². The van der Waals surface area contributed by atoms with Gasteiger partial charge in [-0.25, -0.2) is 0 Å². The summed E-state index contributed by atoms with van der Waals surface area (Å²) in [5.41, 5.74) is 3.01. The number of rotatable bonds is 5. The molecule has 1 aliphatic heterocycles. The van der Waals surface area contributed by atoms with Gasteiger partial charge in [-0.1, -0.05) is 52.0 Å². The fourth-order valence-electron chi connectivity index (χ4n) is 3.20. The third kappa shape index (κ3) is 3.62. The Labute approximate surface area is 124 Å². The number of aryl methyl sites for hydroxylation is 1. The van der Waals surface area contributed by atoms with E-state index in [0.717, 1.165) is 19.5 Å². The molecule has 1 aromatic rings. The van der Waals surface area contributed by atoms with E-state index in [1.165, 1.54) is 24.1 Å². The first-order valence-electron chi connectivity index (χ1n) is 8.19. The summed E-state index contributed by atoms with van der Waals surface area (Å²) in [6, 6.07) is 10.2. The standard InChI is InChI=1S/C18H30N2/c1-5-15-9-7-8-10-16(15)12-20-13-18(14(3)4)19-11-17(20)6-2/h7-10,14,17-19H,5-6,11-13H2,1-4H3. The fourth-order valence-corrected chi connectivity index (χ4v) is 3.20. The quantitative estimate of drug-likeness (QED) is 0.884. The lowest BCUT2D eigenvalue weighted by molar-refractivity contribution is 0.103. The molecule has 2 unspecified atom stereocenters. The van der Waals surface area contributed by atoms with Crippen molar-refractivity contribution < 1.29 is 0 Å². The van der Waals surface area contributed by atoms with E-state index in [4.69, 9.17) is 0 Å². The number of nitrogens with one attached hydrogen (secondary N) is 1. The molecule has 0 aliphatic carbocycles. The Balaban J connectivity index is 2.11. The molecule has 2 rings (SSSR count). The summed E-state index contributed by atoms with van der Waals surface area (Å²) in [4.78, 5) is 2.69. The van der Waals surface area contributed by atoms with Crippen LogP contribution in [0.5, 0.6) is 0 Å². The molecule has 0 amide bonds. The van der Waals surface area contributed by atoms with Gasteiger partial charge in [-0.3, -0.25) is 4.90 Å². The molecule has 0 bridgehead atoms. The molecule has 2 heteroatoms. The van der Waals surface area contributed by atoms with Gasteiger partial charge in [0.1, 0.15) is 0 Å². The van der Waals surface area contributed by atoms with E-state index < -0.39 is 0 Å². The molecule has 1 N–H and O–H groups in total. The second kappa shape index (κ2) is 7.24. The average molecular weight is 274 g/mol. The van der Waals surface area contributed by atoms with Crippen LogP contribution in [0.1, 0.15) is 45.2 Å². The van der Waals surface area contributed by atoms with Gasteiger partial charge in [0.15, 0.2) is 0 Å². The monoisotopic (exact) mass is 274 g/mol. The topological polar surface area (TPSA) is 15.3 Å². The molecule has 1 saturated heterocycles. The highest BCUT2D eigenvalue weighted by atomic mass is 15.2. The number of piperazine rings is 1. The minimum absolute atomic E-state index is 0.631. The summed E-state index contributed by atoms with van der Waals surface area (Å²) in [6.45, 7) is 12.6. The van der Waals surface area contributed by atoms with Crippen molar-refractivity contribution in [3.05, 3.63) is 35.4 Å². The third-order valence-electron chi connectivity index (χ3n) is 4.71. The van der Waals surface area contributed by atoms with Gasteiger partial charge in [0.25, 0.3) is 0 Å². The molecule has 0 saturated carbocycles. The molecule has 2 atom stereocenters. The Morgan fingerprint density at radius 1 is 1.20 bits per heavy atom. The van der Waals surface area contributed by atoms with Crippen molar-refractivity contribution in [2.75, 3.05) is 13.1 Å². The Morgan fingerprint density at radius 2 is 1.90 bits per heavy atom. The van der Waals surface area contributed by atoms with Crippen molar-refractivity contribution in [2.24, 2.45) is 5.92 Å². The van der Waals surface area contributed by atoms with Crippen LogP contribution in [0, 0.1) is 5.92 Å². The van der Waals surface area contributed by atoms with Gasteiger partial charge < -0.3 is 5.32 Å². The van der Waals surface area contributed by atoms with Gasteiger partial charge in [0.2, 0.25) is 0 Å². The van der Waals surface area contributed by atoms with Crippen molar-refractivity contribution >= 4 is 0 Å². The number of benzene rings is 1. The molecular weight excluding hydrogens is 244 g/mol. The van der Waals surface area contributed by atoms with Crippen LogP contribution < -0.4 is 5.32 Å². The number of hydrogen-bond acceptors (Lipinski definition) is 2. The Bertz CT molecular complexity index is 414. The first-order valence-corrected chi connectivity index (χ1v) is 8.19. The summed E-state index contributed by atoms with van der Waals surface area (Å²) in [6.07, 6.45) is 2.36. The molecule has 112 valence electrons. The Morgan fingerprint density at radius 3 is 2.50 bits per heavy atom. The molecule has 0 spiro atoms.